The van der Waals surface area contributed by atoms with E-state index < -0.39 is 0 Å². The number of hydrogen-bond donors (Lipinski definition) is 0. The van der Waals surface area contributed by atoms with Gasteiger partial charge in [0.05, 0.1) is 11.4 Å². The molecule has 0 N–H and O–H groups in total. The lowest BCUT2D eigenvalue weighted by Gasteiger charge is -2.03. The summed E-state index contributed by atoms with van der Waals surface area (Å²) >= 11 is 0. The zero-order valence-corrected chi connectivity index (χ0v) is 10.5. The van der Waals surface area contributed by atoms with Gasteiger partial charge in [0.2, 0.25) is 0 Å². The zero-order valence-electron chi connectivity index (χ0n) is 10.5. The monoisotopic (exact) mass is 246 g/mol. The van der Waals surface area contributed by atoms with Crippen molar-refractivity contribution in [3.05, 3.63) is 78.4 Å². The van der Waals surface area contributed by atoms with Gasteiger partial charge in [0.1, 0.15) is 0 Å². The highest BCUT2D eigenvalue weighted by molar-refractivity contribution is 5.82. The Labute approximate surface area is 112 Å². The predicted octanol–water partition coefficient (Wildman–Crippen LogP) is 5.45. The van der Waals surface area contributed by atoms with Gasteiger partial charge in [-0.3, -0.25) is 0 Å². The molecule has 92 valence electrons. The average Bonchev–Trinajstić information content (AvgIpc) is 3.01. The van der Waals surface area contributed by atoms with E-state index in [9.17, 15) is 0 Å². The molecule has 0 aliphatic heterocycles. The summed E-state index contributed by atoms with van der Waals surface area (Å²) in [6.07, 6.45) is 7.49. The highest BCUT2D eigenvalue weighted by atomic mass is 15.1. The molecule has 1 aliphatic rings. The predicted molar refractivity (Wildman–Crippen MR) is 78.8 cm³/mol. The molecule has 2 nitrogen and oxygen atoms in total. The maximum Gasteiger partial charge on any atom is 0.0935 e. The molecule has 0 radical (unpaired) electrons. The van der Waals surface area contributed by atoms with Crippen LogP contribution in [0.4, 0.5) is 11.4 Å². The van der Waals surface area contributed by atoms with Crippen LogP contribution in [0.15, 0.2) is 83.1 Å². The van der Waals surface area contributed by atoms with Crippen molar-refractivity contribution in [1.82, 2.24) is 0 Å². The SMILES string of the molecule is C1=CC(c2ccccc2N=Nc2ccccc2)=CC1. The van der Waals surface area contributed by atoms with Gasteiger partial charge >= 0.3 is 0 Å². The number of allylic oxidation sites excluding steroid dienone is 4. The van der Waals surface area contributed by atoms with Crippen LogP contribution >= 0.6 is 0 Å². The fraction of sp³-hybridized carbons (Fsp3) is 0.0588. The lowest BCUT2D eigenvalue weighted by atomic mass is 10.1. The Kier molecular flexibility index (Phi) is 3.32. The van der Waals surface area contributed by atoms with Crippen LogP contribution < -0.4 is 0 Å². The number of rotatable bonds is 3. The number of hydrogen-bond acceptors (Lipinski definition) is 2. The molecule has 2 aromatic rings. The molecule has 0 atom stereocenters. The molecule has 0 saturated carbocycles. The van der Waals surface area contributed by atoms with Crippen molar-refractivity contribution in [2.24, 2.45) is 10.2 Å². The fourth-order valence-corrected chi connectivity index (χ4v) is 2.07. The molecule has 0 spiro atoms. The van der Waals surface area contributed by atoms with Crippen LogP contribution in [0, 0.1) is 0 Å². The summed E-state index contributed by atoms with van der Waals surface area (Å²) in [7, 11) is 0. The minimum atomic E-state index is 0.869. The number of benzene rings is 2. The third kappa shape index (κ3) is 2.68. The molecule has 0 heterocycles. The van der Waals surface area contributed by atoms with E-state index in [1.807, 2.05) is 48.5 Å². The van der Waals surface area contributed by atoms with Gasteiger partial charge in [0.25, 0.3) is 0 Å². The Morgan fingerprint density at radius 3 is 2.37 bits per heavy atom. The van der Waals surface area contributed by atoms with Crippen molar-refractivity contribution in [1.29, 1.82) is 0 Å². The van der Waals surface area contributed by atoms with Crippen molar-refractivity contribution in [3.63, 3.8) is 0 Å². The van der Waals surface area contributed by atoms with E-state index in [0.717, 1.165) is 23.4 Å². The molecule has 19 heavy (non-hydrogen) atoms. The second-order valence-corrected chi connectivity index (χ2v) is 4.35. The van der Waals surface area contributed by atoms with E-state index in [1.165, 1.54) is 5.57 Å². The first kappa shape index (κ1) is 11.6. The van der Waals surface area contributed by atoms with Gasteiger partial charge in [-0.05, 0) is 30.2 Å². The molecule has 0 unspecified atom stereocenters. The maximum absolute atomic E-state index is 4.37. The van der Waals surface area contributed by atoms with E-state index in [0.29, 0.717) is 0 Å². The molecule has 3 rings (SSSR count). The largest absolute Gasteiger partial charge is 0.151 e. The van der Waals surface area contributed by atoms with Gasteiger partial charge in [-0.15, -0.1) is 5.11 Å². The standard InChI is InChI=1S/C17H14N2/c1-2-10-15(11-3-1)18-19-17-13-7-6-12-16(17)14-8-4-5-9-14/h1-4,6-13H,5H2. The summed E-state index contributed by atoms with van der Waals surface area (Å²) in [4.78, 5) is 0. The molecule has 2 aromatic carbocycles. The van der Waals surface area contributed by atoms with Crippen molar-refractivity contribution in [3.8, 4) is 0 Å². The summed E-state index contributed by atoms with van der Waals surface area (Å²) in [5.74, 6) is 0. The van der Waals surface area contributed by atoms with Gasteiger partial charge in [0.15, 0.2) is 0 Å². The normalized spacial score (nSPS) is 14.0. The molecule has 1 aliphatic carbocycles. The molecule has 0 saturated heterocycles. The third-order valence-electron chi connectivity index (χ3n) is 3.02. The van der Waals surface area contributed by atoms with Crippen LogP contribution in [0.3, 0.4) is 0 Å². The first-order chi connectivity index (χ1) is 9.43. The van der Waals surface area contributed by atoms with E-state index in [2.05, 4.69) is 34.5 Å². The molecule has 0 bridgehead atoms. The smallest absolute Gasteiger partial charge is 0.0935 e. The van der Waals surface area contributed by atoms with Gasteiger partial charge in [-0.1, -0.05) is 54.6 Å². The Hall–Kier alpha value is -2.48. The van der Waals surface area contributed by atoms with Crippen LogP contribution in [0.2, 0.25) is 0 Å². The average molecular weight is 246 g/mol. The van der Waals surface area contributed by atoms with Gasteiger partial charge in [0, 0.05) is 5.56 Å². The minimum absolute atomic E-state index is 0.869. The third-order valence-corrected chi connectivity index (χ3v) is 3.02. The highest BCUT2D eigenvalue weighted by Gasteiger charge is 2.06. The summed E-state index contributed by atoms with van der Waals surface area (Å²) in [6, 6.07) is 17.9. The lowest BCUT2D eigenvalue weighted by Crippen LogP contribution is -1.79. The van der Waals surface area contributed by atoms with Gasteiger partial charge < -0.3 is 0 Å². The highest BCUT2D eigenvalue weighted by Crippen LogP contribution is 2.31. The second kappa shape index (κ2) is 5.44. The van der Waals surface area contributed by atoms with Crippen LogP contribution in [0.25, 0.3) is 5.57 Å². The Bertz CT molecular complexity index is 652. The lowest BCUT2D eigenvalue weighted by molar-refractivity contribution is 1.22. The van der Waals surface area contributed by atoms with Crippen molar-refractivity contribution >= 4 is 16.9 Å². The van der Waals surface area contributed by atoms with Crippen molar-refractivity contribution < 1.29 is 0 Å². The van der Waals surface area contributed by atoms with E-state index >= 15 is 0 Å². The van der Waals surface area contributed by atoms with Gasteiger partial charge in [-0.2, -0.15) is 5.11 Å². The first-order valence-electron chi connectivity index (χ1n) is 6.36. The Morgan fingerprint density at radius 1 is 0.789 bits per heavy atom. The van der Waals surface area contributed by atoms with Crippen molar-refractivity contribution in [2.75, 3.05) is 0 Å². The number of nitrogens with zero attached hydrogens (tertiary/aromatic N) is 2. The summed E-state index contributed by atoms with van der Waals surface area (Å²) in [5, 5.41) is 8.65. The molecule has 0 amide bonds. The van der Waals surface area contributed by atoms with Crippen LogP contribution in [-0.4, -0.2) is 0 Å². The second-order valence-electron chi connectivity index (χ2n) is 4.35. The van der Waals surface area contributed by atoms with Crippen LogP contribution in [-0.2, 0) is 0 Å². The van der Waals surface area contributed by atoms with E-state index in [4.69, 9.17) is 0 Å². The summed E-state index contributed by atoms with van der Waals surface area (Å²) in [5.41, 5.74) is 4.14. The Balaban J connectivity index is 1.93. The first-order valence-corrected chi connectivity index (χ1v) is 6.36. The quantitative estimate of drug-likeness (QED) is 0.644. The maximum atomic E-state index is 4.37. The molecule has 2 heteroatoms. The fourth-order valence-electron chi connectivity index (χ4n) is 2.07. The molecular formula is C17H14N2. The summed E-state index contributed by atoms with van der Waals surface area (Å²) < 4.78 is 0. The van der Waals surface area contributed by atoms with E-state index in [1.54, 1.807) is 0 Å². The number of azo groups is 1. The Morgan fingerprint density at radius 2 is 1.58 bits per heavy atom. The van der Waals surface area contributed by atoms with Gasteiger partial charge in [-0.25, -0.2) is 0 Å². The van der Waals surface area contributed by atoms with Crippen molar-refractivity contribution in [2.45, 2.75) is 6.42 Å². The molecular weight excluding hydrogens is 232 g/mol. The molecule has 0 aromatic heterocycles. The zero-order chi connectivity index (χ0) is 12.9. The van der Waals surface area contributed by atoms with Crippen LogP contribution in [0.5, 0.6) is 0 Å². The molecule has 0 fully saturated rings. The van der Waals surface area contributed by atoms with E-state index in [-0.39, 0.29) is 0 Å². The summed E-state index contributed by atoms with van der Waals surface area (Å²) in [6.45, 7) is 0. The minimum Gasteiger partial charge on any atom is -0.151 e. The topological polar surface area (TPSA) is 24.7 Å². The van der Waals surface area contributed by atoms with Crippen LogP contribution in [0.1, 0.15) is 12.0 Å².